The van der Waals surface area contributed by atoms with Gasteiger partial charge in [0.15, 0.2) is 0 Å². The average Bonchev–Trinajstić information content (AvgIpc) is 2.53. The lowest BCUT2D eigenvalue weighted by Crippen LogP contribution is -2.04. The van der Waals surface area contributed by atoms with Gasteiger partial charge in [-0.15, -0.1) is 0 Å². The van der Waals surface area contributed by atoms with Gasteiger partial charge < -0.3 is 0 Å². The Balaban J connectivity index is 2.25. The van der Waals surface area contributed by atoms with E-state index in [1.807, 2.05) is 31.2 Å². The van der Waals surface area contributed by atoms with Gasteiger partial charge in [-0.3, -0.25) is 4.98 Å². The van der Waals surface area contributed by atoms with Gasteiger partial charge in [-0.05, 0) is 47.9 Å². The van der Waals surface area contributed by atoms with Gasteiger partial charge in [0.05, 0.1) is 11.1 Å². The van der Waals surface area contributed by atoms with E-state index in [1.165, 1.54) is 12.1 Å². The van der Waals surface area contributed by atoms with Crippen LogP contribution >= 0.6 is 0 Å². The fourth-order valence-electron chi connectivity index (χ4n) is 2.54. The van der Waals surface area contributed by atoms with Crippen LogP contribution in [0.1, 0.15) is 18.1 Å². The maximum Gasteiger partial charge on any atom is 0.416 e. The van der Waals surface area contributed by atoms with E-state index in [2.05, 4.69) is 4.98 Å². The predicted octanol–water partition coefficient (Wildman–Crippen LogP) is 5.48. The molecule has 3 rings (SSSR count). The minimum atomic E-state index is -4.35. The third kappa shape index (κ3) is 2.69. The van der Waals surface area contributed by atoms with Crippen LogP contribution < -0.4 is 0 Å². The van der Waals surface area contributed by atoms with Crippen molar-refractivity contribution in [3.05, 3.63) is 65.9 Å². The first kappa shape index (κ1) is 14.6. The quantitative estimate of drug-likeness (QED) is 0.610. The van der Waals surface area contributed by atoms with Crippen molar-refractivity contribution in [3.8, 4) is 11.1 Å². The molecule has 112 valence electrons. The molecule has 0 spiro atoms. The number of rotatable bonds is 2. The number of alkyl halides is 3. The Morgan fingerprint density at radius 2 is 1.82 bits per heavy atom. The fourth-order valence-corrected chi connectivity index (χ4v) is 2.54. The number of fused-ring (bicyclic) bond motifs is 1. The van der Waals surface area contributed by atoms with Crippen LogP contribution in [0.25, 0.3) is 22.0 Å². The number of aryl methyl sites for hydroxylation is 1. The van der Waals surface area contributed by atoms with Crippen LogP contribution in [-0.4, -0.2) is 4.98 Å². The van der Waals surface area contributed by atoms with E-state index in [0.717, 1.165) is 34.5 Å². The summed E-state index contributed by atoms with van der Waals surface area (Å²) in [5, 5.41) is 0.939. The van der Waals surface area contributed by atoms with Crippen molar-refractivity contribution in [2.45, 2.75) is 19.5 Å². The zero-order valence-corrected chi connectivity index (χ0v) is 12.0. The Bertz CT molecular complexity index is 822. The summed E-state index contributed by atoms with van der Waals surface area (Å²) in [6.07, 6.45) is -1.87. The normalized spacial score (nSPS) is 11.8. The van der Waals surface area contributed by atoms with Crippen LogP contribution in [0.5, 0.6) is 0 Å². The molecule has 22 heavy (non-hydrogen) atoms. The Morgan fingerprint density at radius 3 is 2.55 bits per heavy atom. The summed E-state index contributed by atoms with van der Waals surface area (Å²) in [4.78, 5) is 4.34. The smallest absolute Gasteiger partial charge is 0.256 e. The average molecular weight is 301 g/mol. The summed E-state index contributed by atoms with van der Waals surface area (Å²) < 4.78 is 38.8. The number of nitrogens with zero attached hydrogens (tertiary/aromatic N) is 1. The van der Waals surface area contributed by atoms with Crippen molar-refractivity contribution in [2.24, 2.45) is 0 Å². The molecule has 0 unspecified atom stereocenters. The van der Waals surface area contributed by atoms with Crippen LogP contribution in [0.2, 0.25) is 0 Å². The van der Waals surface area contributed by atoms with E-state index in [9.17, 15) is 13.2 Å². The van der Waals surface area contributed by atoms with Crippen LogP contribution in [0.15, 0.2) is 54.7 Å². The number of hydrogen-bond acceptors (Lipinski definition) is 1. The molecule has 0 aliphatic rings. The van der Waals surface area contributed by atoms with E-state index >= 15 is 0 Å². The molecule has 0 fully saturated rings. The van der Waals surface area contributed by atoms with Crippen LogP contribution in [0, 0.1) is 0 Å². The van der Waals surface area contributed by atoms with Crippen LogP contribution in [0.3, 0.4) is 0 Å². The third-order valence-corrected chi connectivity index (χ3v) is 3.67. The molecule has 0 amide bonds. The topological polar surface area (TPSA) is 12.9 Å². The second-order valence-electron chi connectivity index (χ2n) is 5.15. The van der Waals surface area contributed by atoms with Crippen LogP contribution in [-0.2, 0) is 12.6 Å². The molecule has 2 aromatic carbocycles. The highest BCUT2D eigenvalue weighted by molar-refractivity contribution is 5.94. The summed E-state index contributed by atoms with van der Waals surface area (Å²) in [7, 11) is 0. The molecule has 0 radical (unpaired) electrons. The molecule has 0 saturated carbocycles. The molecule has 1 heterocycles. The van der Waals surface area contributed by atoms with Gasteiger partial charge in [0, 0.05) is 17.1 Å². The molecule has 0 N–H and O–H groups in total. The van der Waals surface area contributed by atoms with Gasteiger partial charge >= 0.3 is 6.18 Å². The highest BCUT2D eigenvalue weighted by Crippen LogP contribution is 2.34. The lowest BCUT2D eigenvalue weighted by atomic mass is 9.96. The Hall–Kier alpha value is -2.36. The summed E-state index contributed by atoms with van der Waals surface area (Å²) in [6.45, 7) is 2.02. The molecule has 1 aromatic heterocycles. The first-order valence-electron chi connectivity index (χ1n) is 7.04. The maximum atomic E-state index is 12.9. The first-order chi connectivity index (χ1) is 10.5. The summed E-state index contributed by atoms with van der Waals surface area (Å²) in [5.74, 6) is 0. The van der Waals surface area contributed by atoms with Gasteiger partial charge in [-0.1, -0.05) is 25.1 Å². The standard InChI is InChI=1S/C18H14F3N/c1-2-12-9-14-6-4-8-22-17(14)16(10-12)13-5-3-7-15(11-13)18(19,20)21/h3-11H,2H2,1H3. The second-order valence-corrected chi connectivity index (χ2v) is 5.15. The molecule has 0 aliphatic carbocycles. The summed E-state index contributed by atoms with van der Waals surface area (Å²) >= 11 is 0. The number of pyridine rings is 1. The highest BCUT2D eigenvalue weighted by Gasteiger charge is 2.30. The maximum absolute atomic E-state index is 12.9. The molecule has 0 aliphatic heterocycles. The highest BCUT2D eigenvalue weighted by atomic mass is 19.4. The monoisotopic (exact) mass is 301 g/mol. The van der Waals surface area contributed by atoms with E-state index in [0.29, 0.717) is 5.56 Å². The number of aromatic nitrogens is 1. The predicted molar refractivity (Wildman–Crippen MR) is 81.6 cm³/mol. The Labute approximate surface area is 126 Å². The van der Waals surface area contributed by atoms with Crippen molar-refractivity contribution in [2.75, 3.05) is 0 Å². The zero-order valence-electron chi connectivity index (χ0n) is 12.0. The molecular weight excluding hydrogens is 287 g/mol. The molecule has 3 aromatic rings. The van der Waals surface area contributed by atoms with Crippen molar-refractivity contribution >= 4 is 10.9 Å². The SMILES string of the molecule is CCc1cc(-c2cccc(C(F)(F)F)c2)c2ncccc2c1. The molecule has 4 heteroatoms. The first-order valence-corrected chi connectivity index (χ1v) is 7.04. The van der Waals surface area contributed by atoms with Gasteiger partial charge in [-0.25, -0.2) is 0 Å². The van der Waals surface area contributed by atoms with Crippen molar-refractivity contribution in [1.29, 1.82) is 0 Å². The second kappa shape index (κ2) is 5.44. The number of hydrogen-bond donors (Lipinski definition) is 0. The minimum absolute atomic E-state index is 0.536. The fraction of sp³-hybridized carbons (Fsp3) is 0.167. The Kier molecular flexibility index (Phi) is 3.61. The number of benzene rings is 2. The van der Waals surface area contributed by atoms with Gasteiger partial charge in [-0.2, -0.15) is 13.2 Å². The van der Waals surface area contributed by atoms with Gasteiger partial charge in [0.25, 0.3) is 0 Å². The summed E-state index contributed by atoms with van der Waals surface area (Å²) in [5.41, 5.74) is 2.43. The largest absolute Gasteiger partial charge is 0.416 e. The van der Waals surface area contributed by atoms with E-state index < -0.39 is 11.7 Å². The number of halogens is 3. The molecule has 0 saturated heterocycles. The molecule has 0 atom stereocenters. The zero-order chi connectivity index (χ0) is 15.7. The van der Waals surface area contributed by atoms with Gasteiger partial charge in [0.2, 0.25) is 0 Å². The Morgan fingerprint density at radius 1 is 1.00 bits per heavy atom. The lowest BCUT2D eigenvalue weighted by molar-refractivity contribution is -0.137. The lowest BCUT2D eigenvalue weighted by Gasteiger charge is -2.12. The van der Waals surface area contributed by atoms with E-state index in [4.69, 9.17) is 0 Å². The van der Waals surface area contributed by atoms with Crippen molar-refractivity contribution in [1.82, 2.24) is 4.98 Å². The molecule has 1 nitrogen and oxygen atoms in total. The molecule has 0 bridgehead atoms. The van der Waals surface area contributed by atoms with Crippen LogP contribution in [0.4, 0.5) is 13.2 Å². The minimum Gasteiger partial charge on any atom is -0.256 e. The van der Waals surface area contributed by atoms with Crippen molar-refractivity contribution in [3.63, 3.8) is 0 Å². The summed E-state index contributed by atoms with van der Waals surface area (Å²) in [6, 6.07) is 13.1. The van der Waals surface area contributed by atoms with E-state index in [1.54, 1.807) is 12.3 Å². The van der Waals surface area contributed by atoms with Gasteiger partial charge in [0.1, 0.15) is 0 Å². The van der Waals surface area contributed by atoms with Crippen molar-refractivity contribution < 1.29 is 13.2 Å². The molecular formula is C18H14F3N. The van der Waals surface area contributed by atoms with E-state index in [-0.39, 0.29) is 0 Å². The third-order valence-electron chi connectivity index (χ3n) is 3.67.